The third kappa shape index (κ3) is 3.82. The second kappa shape index (κ2) is 7.69. The van der Waals surface area contributed by atoms with Crippen LogP contribution in [-0.2, 0) is 9.59 Å². The molecule has 1 aromatic carbocycles. The molecule has 0 spiro atoms. The van der Waals surface area contributed by atoms with Crippen LogP contribution in [0.2, 0.25) is 0 Å². The van der Waals surface area contributed by atoms with Crippen LogP contribution in [-0.4, -0.2) is 41.4 Å². The summed E-state index contributed by atoms with van der Waals surface area (Å²) in [4.78, 5) is 27.0. The van der Waals surface area contributed by atoms with Crippen LogP contribution in [0.1, 0.15) is 57.6 Å². The lowest BCUT2D eigenvalue weighted by molar-refractivity contribution is -0.131. The summed E-state index contributed by atoms with van der Waals surface area (Å²) in [6.45, 7) is 5.12. The highest BCUT2D eigenvalue weighted by Crippen LogP contribution is 2.41. The fourth-order valence-electron chi connectivity index (χ4n) is 4.52. The molecule has 0 unspecified atom stereocenters. The van der Waals surface area contributed by atoms with E-state index in [0.717, 1.165) is 37.0 Å². The zero-order chi connectivity index (χ0) is 20.6. The average molecular weight is 399 g/mol. The number of amides is 2. The summed E-state index contributed by atoms with van der Waals surface area (Å²) < 4.78 is 5.67. The van der Waals surface area contributed by atoms with Crippen molar-refractivity contribution in [3.05, 3.63) is 29.8 Å². The van der Waals surface area contributed by atoms with E-state index in [4.69, 9.17) is 10.1 Å². The first-order valence-corrected chi connectivity index (χ1v) is 10.7. The minimum absolute atomic E-state index is 0.0122. The maximum Gasteiger partial charge on any atom is 0.231 e. The summed E-state index contributed by atoms with van der Waals surface area (Å²) in [5, 5.41) is 14.7. The number of ether oxygens (including phenoxy) is 1. The normalized spacial score (nSPS) is 27.5. The Labute approximate surface area is 171 Å². The molecule has 7 nitrogen and oxygen atoms in total. The highest BCUT2D eigenvalue weighted by molar-refractivity contribution is 5.99. The summed E-state index contributed by atoms with van der Waals surface area (Å²) in [5.74, 6) is 1.07. The first-order valence-electron chi connectivity index (χ1n) is 10.7. The van der Waals surface area contributed by atoms with Crippen molar-refractivity contribution in [1.82, 2.24) is 15.5 Å². The molecule has 2 aliphatic heterocycles. The number of nitrogens with one attached hydrogen (secondary N) is 3. The Hall–Kier alpha value is -2.57. The van der Waals surface area contributed by atoms with Crippen molar-refractivity contribution < 1.29 is 14.3 Å². The van der Waals surface area contributed by atoms with Gasteiger partial charge in [0.05, 0.1) is 19.1 Å². The molecule has 7 heteroatoms. The van der Waals surface area contributed by atoms with Crippen LogP contribution in [0.5, 0.6) is 5.75 Å². The van der Waals surface area contributed by atoms with Crippen molar-refractivity contribution in [2.75, 3.05) is 13.2 Å². The van der Waals surface area contributed by atoms with Crippen LogP contribution in [0.4, 0.5) is 0 Å². The molecular formula is C22H30N4O3. The second-order valence-electron chi connectivity index (χ2n) is 8.48. The molecule has 0 radical (unpaired) electrons. The van der Waals surface area contributed by atoms with Gasteiger partial charge in [-0.05, 0) is 31.2 Å². The van der Waals surface area contributed by atoms with Crippen molar-refractivity contribution in [2.24, 2.45) is 11.8 Å². The van der Waals surface area contributed by atoms with Gasteiger partial charge in [-0.3, -0.25) is 19.9 Å². The quantitative estimate of drug-likeness (QED) is 0.686. The maximum absolute atomic E-state index is 12.8. The molecular weight excluding hydrogens is 368 g/mol. The van der Waals surface area contributed by atoms with Gasteiger partial charge >= 0.3 is 0 Å². The number of carbonyl (C=O) groups excluding carboxylic acids is 2. The standard InChI is InChI=1S/C22H30N4O3/c1-3-22(4-2)12-19(27)26(21(23)25-22)13-14-11-16(14)20(28)24-17-9-10-29-18-8-6-5-7-15(17)18/h5-8,14,16-17H,3-4,9-13H2,1-2H3,(H2,23,25)(H,24,28)/t14-,16+,17-/m1/s1. The van der Waals surface area contributed by atoms with Crippen LogP contribution in [0.25, 0.3) is 0 Å². The summed E-state index contributed by atoms with van der Waals surface area (Å²) >= 11 is 0. The molecule has 3 aliphatic rings. The zero-order valence-corrected chi connectivity index (χ0v) is 17.2. The topological polar surface area (TPSA) is 94.5 Å². The van der Waals surface area contributed by atoms with E-state index in [2.05, 4.69) is 10.6 Å². The Bertz CT molecular complexity index is 800. The maximum atomic E-state index is 12.8. The lowest BCUT2D eigenvalue weighted by Gasteiger charge is -2.42. The third-order valence-corrected chi connectivity index (χ3v) is 6.75. The molecule has 3 N–H and O–H groups in total. The molecule has 156 valence electrons. The highest BCUT2D eigenvalue weighted by atomic mass is 16.5. The highest BCUT2D eigenvalue weighted by Gasteiger charge is 2.47. The van der Waals surface area contributed by atoms with Crippen LogP contribution in [0.15, 0.2) is 24.3 Å². The van der Waals surface area contributed by atoms with Gasteiger partial charge in [-0.15, -0.1) is 0 Å². The van der Waals surface area contributed by atoms with Gasteiger partial charge in [0.2, 0.25) is 11.8 Å². The number of guanidine groups is 1. The molecule has 1 aromatic rings. The van der Waals surface area contributed by atoms with E-state index < -0.39 is 0 Å². The smallest absolute Gasteiger partial charge is 0.231 e. The van der Waals surface area contributed by atoms with Crippen molar-refractivity contribution in [2.45, 2.75) is 57.5 Å². The van der Waals surface area contributed by atoms with E-state index in [0.29, 0.717) is 19.6 Å². The van der Waals surface area contributed by atoms with Crippen molar-refractivity contribution in [3.8, 4) is 5.75 Å². The number of benzene rings is 1. The SMILES string of the molecule is CCC1(CC)CC(=O)N(C[C@H]2C[C@@H]2C(=O)N[C@@H]2CCOc3ccccc32)C(=N)N1. The molecule has 2 heterocycles. The van der Waals surface area contributed by atoms with Crippen LogP contribution < -0.4 is 15.4 Å². The average Bonchev–Trinajstić information content (AvgIpc) is 3.50. The Balaban J connectivity index is 1.33. The van der Waals surface area contributed by atoms with Crippen LogP contribution in [0, 0.1) is 17.2 Å². The first-order chi connectivity index (χ1) is 14.0. The number of hydrogen-bond acceptors (Lipinski definition) is 4. The van der Waals surface area contributed by atoms with Gasteiger partial charge < -0.3 is 15.4 Å². The van der Waals surface area contributed by atoms with Gasteiger partial charge in [-0.1, -0.05) is 32.0 Å². The Morgan fingerprint density at radius 3 is 2.83 bits per heavy atom. The molecule has 1 saturated carbocycles. The summed E-state index contributed by atoms with van der Waals surface area (Å²) in [5.41, 5.74) is 0.721. The lowest BCUT2D eigenvalue weighted by Crippen LogP contribution is -2.62. The van der Waals surface area contributed by atoms with E-state index in [1.165, 1.54) is 4.90 Å². The molecule has 1 saturated heterocycles. The molecule has 29 heavy (non-hydrogen) atoms. The number of carbonyl (C=O) groups is 2. The molecule has 3 atom stereocenters. The number of nitrogens with zero attached hydrogens (tertiary/aromatic N) is 1. The predicted octanol–water partition coefficient (Wildman–Crippen LogP) is 2.58. The van der Waals surface area contributed by atoms with Crippen LogP contribution >= 0.6 is 0 Å². The molecule has 2 fully saturated rings. The molecule has 4 rings (SSSR count). The van der Waals surface area contributed by atoms with E-state index >= 15 is 0 Å². The third-order valence-electron chi connectivity index (χ3n) is 6.75. The van der Waals surface area contributed by atoms with Crippen molar-refractivity contribution in [1.29, 1.82) is 5.41 Å². The van der Waals surface area contributed by atoms with Gasteiger partial charge in [0.1, 0.15) is 5.75 Å². The van der Waals surface area contributed by atoms with Crippen LogP contribution in [0.3, 0.4) is 0 Å². The molecule has 1 aliphatic carbocycles. The second-order valence-corrected chi connectivity index (χ2v) is 8.48. The van der Waals surface area contributed by atoms with Gasteiger partial charge in [0, 0.05) is 30.0 Å². The Kier molecular flexibility index (Phi) is 5.23. The largest absolute Gasteiger partial charge is 0.493 e. The number of fused-ring (bicyclic) bond motifs is 1. The summed E-state index contributed by atoms with van der Waals surface area (Å²) in [6, 6.07) is 7.79. The monoisotopic (exact) mass is 398 g/mol. The van der Waals surface area contributed by atoms with Crippen molar-refractivity contribution in [3.63, 3.8) is 0 Å². The van der Waals surface area contributed by atoms with Gasteiger partial charge in [0.25, 0.3) is 0 Å². The van der Waals surface area contributed by atoms with Crippen molar-refractivity contribution >= 4 is 17.8 Å². The molecule has 2 amide bonds. The van der Waals surface area contributed by atoms with E-state index in [-0.39, 0.29) is 41.2 Å². The Morgan fingerprint density at radius 2 is 2.10 bits per heavy atom. The van der Waals surface area contributed by atoms with E-state index in [1.807, 2.05) is 38.1 Å². The van der Waals surface area contributed by atoms with Gasteiger partial charge in [-0.25, -0.2) is 0 Å². The minimum Gasteiger partial charge on any atom is -0.493 e. The number of rotatable bonds is 6. The predicted molar refractivity (Wildman–Crippen MR) is 110 cm³/mol. The minimum atomic E-state index is -0.304. The van der Waals surface area contributed by atoms with E-state index in [1.54, 1.807) is 0 Å². The Morgan fingerprint density at radius 1 is 1.34 bits per heavy atom. The zero-order valence-electron chi connectivity index (χ0n) is 17.2. The van der Waals surface area contributed by atoms with E-state index in [9.17, 15) is 9.59 Å². The number of hydrogen-bond donors (Lipinski definition) is 3. The summed E-state index contributed by atoms with van der Waals surface area (Å²) in [7, 11) is 0. The fourth-order valence-corrected chi connectivity index (χ4v) is 4.52. The number of para-hydroxylation sites is 1. The first kappa shape index (κ1) is 19.7. The summed E-state index contributed by atoms with van der Waals surface area (Å²) in [6.07, 6.45) is 3.56. The molecule has 0 aromatic heterocycles. The van der Waals surface area contributed by atoms with Gasteiger partial charge in [-0.2, -0.15) is 0 Å². The van der Waals surface area contributed by atoms with Gasteiger partial charge in [0.15, 0.2) is 5.96 Å². The fraction of sp³-hybridized carbons (Fsp3) is 0.591. The lowest BCUT2D eigenvalue weighted by atomic mass is 9.87. The molecule has 0 bridgehead atoms.